The van der Waals surface area contributed by atoms with Gasteiger partial charge in [-0.2, -0.15) is 0 Å². The molecule has 3 aromatic rings. The number of nitrogens with one attached hydrogen (secondary N) is 2. The van der Waals surface area contributed by atoms with E-state index in [2.05, 4.69) is 28.0 Å². The second-order valence-corrected chi connectivity index (χ2v) is 9.75. The number of aliphatic hydroxyl groups is 1. The molecule has 0 spiro atoms. The van der Waals surface area contributed by atoms with Crippen molar-refractivity contribution in [2.24, 2.45) is 7.05 Å². The molecule has 1 amide bonds. The van der Waals surface area contributed by atoms with E-state index in [1.54, 1.807) is 32.0 Å². The van der Waals surface area contributed by atoms with Crippen LogP contribution in [0.2, 0.25) is 0 Å². The largest absolute Gasteiger partial charge is 0.486 e. The number of hydrogen-bond donors (Lipinski definition) is 3. The van der Waals surface area contributed by atoms with Crippen molar-refractivity contribution in [1.82, 2.24) is 10.3 Å². The highest BCUT2D eigenvalue weighted by molar-refractivity contribution is 5.95. The molecule has 7 heteroatoms. The summed E-state index contributed by atoms with van der Waals surface area (Å²) in [4.78, 5) is 16.5. The summed E-state index contributed by atoms with van der Waals surface area (Å²) in [6.45, 7) is 4.63. The number of nitrogens with zero attached hydrogens (tertiary/aromatic N) is 1. The lowest BCUT2D eigenvalue weighted by Crippen LogP contribution is -2.41. The van der Waals surface area contributed by atoms with E-state index in [9.17, 15) is 9.90 Å². The summed E-state index contributed by atoms with van der Waals surface area (Å²) in [5, 5.41) is 13.6. The van der Waals surface area contributed by atoms with Gasteiger partial charge in [-0.3, -0.25) is 4.79 Å². The van der Waals surface area contributed by atoms with Gasteiger partial charge in [0.05, 0.1) is 18.6 Å². The Hall–Kier alpha value is -3.06. The Morgan fingerprint density at radius 2 is 1.91 bits per heavy atom. The molecule has 5 rings (SSSR count). The van der Waals surface area contributed by atoms with Gasteiger partial charge in [-0.15, -0.1) is 0 Å². The molecule has 0 saturated heterocycles. The van der Waals surface area contributed by atoms with Crippen LogP contribution in [0.4, 0.5) is 0 Å². The number of rotatable bonds is 4. The zero-order chi connectivity index (χ0) is 23.2. The third-order valence-electron chi connectivity index (χ3n) is 6.89. The first kappa shape index (κ1) is 21.8. The fourth-order valence-electron chi connectivity index (χ4n) is 5.06. The maximum Gasteiger partial charge on any atom is 0.258 e. The van der Waals surface area contributed by atoms with Crippen LogP contribution >= 0.6 is 0 Å². The van der Waals surface area contributed by atoms with Gasteiger partial charge in [0.1, 0.15) is 13.2 Å². The molecule has 2 unspecified atom stereocenters. The van der Waals surface area contributed by atoms with Crippen molar-refractivity contribution in [2.75, 3.05) is 13.2 Å². The molecule has 33 heavy (non-hydrogen) atoms. The molecular formula is C26H32N3O4+. The number of ether oxygens (including phenoxy) is 2. The molecule has 2 aromatic carbocycles. The highest BCUT2D eigenvalue weighted by Gasteiger charge is 2.32. The summed E-state index contributed by atoms with van der Waals surface area (Å²) in [5.74, 6) is 2.73. The third-order valence-corrected chi connectivity index (χ3v) is 6.89. The highest BCUT2D eigenvalue weighted by Crippen LogP contribution is 2.34. The summed E-state index contributed by atoms with van der Waals surface area (Å²) in [7, 11) is 2.08. The summed E-state index contributed by atoms with van der Waals surface area (Å²) >= 11 is 0. The van der Waals surface area contributed by atoms with Crippen molar-refractivity contribution in [3.8, 4) is 11.5 Å². The Morgan fingerprint density at radius 1 is 1.12 bits per heavy atom. The van der Waals surface area contributed by atoms with Gasteiger partial charge >= 0.3 is 0 Å². The van der Waals surface area contributed by atoms with Gasteiger partial charge in [-0.05, 0) is 69.0 Å². The minimum atomic E-state index is -0.883. The van der Waals surface area contributed by atoms with E-state index in [0.717, 1.165) is 48.1 Å². The van der Waals surface area contributed by atoms with E-state index < -0.39 is 5.60 Å². The van der Waals surface area contributed by atoms with E-state index in [1.165, 1.54) is 0 Å². The zero-order valence-electron chi connectivity index (χ0n) is 19.5. The quantitative estimate of drug-likeness (QED) is 0.532. The highest BCUT2D eigenvalue weighted by atomic mass is 16.6. The van der Waals surface area contributed by atoms with Crippen molar-refractivity contribution in [2.45, 2.75) is 57.1 Å². The van der Waals surface area contributed by atoms with Crippen molar-refractivity contribution < 1.29 is 23.9 Å². The van der Waals surface area contributed by atoms with Gasteiger partial charge < -0.3 is 19.9 Å². The lowest BCUT2D eigenvalue weighted by atomic mass is 9.85. The molecule has 1 aliphatic carbocycles. The van der Waals surface area contributed by atoms with Gasteiger partial charge in [-0.25, -0.2) is 9.55 Å². The number of carbonyl (C=O) groups is 1. The maximum atomic E-state index is 12.9. The fourth-order valence-corrected chi connectivity index (χ4v) is 5.06. The first-order chi connectivity index (χ1) is 15.8. The first-order valence-corrected chi connectivity index (χ1v) is 11.7. The number of H-pyrrole nitrogens is 1. The van der Waals surface area contributed by atoms with Crippen LogP contribution in [0, 0.1) is 0 Å². The molecule has 1 aliphatic heterocycles. The second kappa shape index (κ2) is 8.37. The predicted molar refractivity (Wildman–Crippen MR) is 125 cm³/mol. The van der Waals surface area contributed by atoms with Crippen LogP contribution in [0.25, 0.3) is 11.0 Å². The van der Waals surface area contributed by atoms with Crippen molar-refractivity contribution in [3.63, 3.8) is 0 Å². The number of amides is 1. The topological polar surface area (TPSA) is 87.5 Å². The van der Waals surface area contributed by atoms with E-state index >= 15 is 0 Å². The molecule has 0 radical (unpaired) electrons. The third kappa shape index (κ3) is 4.29. The maximum absolute atomic E-state index is 12.9. The number of hydrogen-bond acceptors (Lipinski definition) is 4. The van der Waals surface area contributed by atoms with Crippen LogP contribution < -0.4 is 19.4 Å². The van der Waals surface area contributed by atoms with Crippen LogP contribution in [-0.2, 0) is 12.6 Å². The van der Waals surface area contributed by atoms with Crippen molar-refractivity contribution in [1.29, 1.82) is 0 Å². The van der Waals surface area contributed by atoms with Gasteiger partial charge in [0.15, 0.2) is 22.5 Å². The molecular weight excluding hydrogens is 418 g/mol. The van der Waals surface area contributed by atoms with Crippen LogP contribution in [0.3, 0.4) is 0 Å². The number of aromatic amines is 1. The smallest absolute Gasteiger partial charge is 0.258 e. The average Bonchev–Trinajstić information content (AvgIpc) is 3.14. The number of benzene rings is 2. The molecule has 7 nitrogen and oxygen atoms in total. The number of aromatic nitrogens is 2. The molecule has 2 heterocycles. The lowest BCUT2D eigenvalue weighted by molar-refractivity contribution is -0.654. The zero-order valence-corrected chi connectivity index (χ0v) is 19.5. The number of fused-ring (bicyclic) bond motifs is 2. The minimum absolute atomic E-state index is 0.0755. The van der Waals surface area contributed by atoms with Gasteiger partial charge in [0.25, 0.3) is 11.7 Å². The molecule has 2 atom stereocenters. The van der Waals surface area contributed by atoms with E-state index in [4.69, 9.17) is 9.47 Å². The van der Waals surface area contributed by atoms with E-state index in [1.807, 2.05) is 12.1 Å². The van der Waals surface area contributed by atoms with Crippen molar-refractivity contribution in [3.05, 3.63) is 53.3 Å². The first-order valence-electron chi connectivity index (χ1n) is 11.7. The summed E-state index contributed by atoms with van der Waals surface area (Å²) in [6.07, 6.45) is 3.99. The van der Waals surface area contributed by atoms with Gasteiger partial charge in [0, 0.05) is 11.6 Å². The second-order valence-electron chi connectivity index (χ2n) is 9.75. The minimum Gasteiger partial charge on any atom is -0.486 e. The standard InChI is InChI=1S/C26H31N3O4/c1-26(2,31)18-8-9-21-20(15-18)28-24(29(21)3)16-5-4-6-19(13-16)27-25(30)17-7-10-22-23(14-17)33-12-11-32-22/h7-10,14-16,19,31H,4-6,11-13H2,1-3H3,(H,27,30)/p+1. The summed E-state index contributed by atoms with van der Waals surface area (Å²) in [6, 6.07) is 11.6. The fraction of sp³-hybridized carbons (Fsp3) is 0.462. The normalized spacial score (nSPS) is 20.6. The Morgan fingerprint density at radius 3 is 2.70 bits per heavy atom. The molecule has 1 aromatic heterocycles. The lowest BCUT2D eigenvalue weighted by Gasteiger charge is -2.27. The average molecular weight is 451 g/mol. The van der Waals surface area contributed by atoms with Crippen LogP contribution in [0.5, 0.6) is 11.5 Å². The van der Waals surface area contributed by atoms with Gasteiger partial charge in [-0.1, -0.05) is 12.5 Å². The number of carbonyl (C=O) groups excluding carboxylic acids is 1. The predicted octanol–water partition coefficient (Wildman–Crippen LogP) is 3.45. The Kier molecular flexibility index (Phi) is 5.52. The Bertz CT molecular complexity index is 1190. The molecule has 174 valence electrons. The van der Waals surface area contributed by atoms with Gasteiger partial charge in [0.2, 0.25) is 0 Å². The van der Waals surface area contributed by atoms with Crippen molar-refractivity contribution >= 4 is 16.9 Å². The molecule has 1 fully saturated rings. The van der Waals surface area contributed by atoms with Crippen LogP contribution in [0.1, 0.15) is 67.2 Å². The number of aryl methyl sites for hydroxylation is 1. The monoisotopic (exact) mass is 450 g/mol. The van der Waals surface area contributed by atoms with Crippen LogP contribution in [-0.4, -0.2) is 35.3 Å². The number of imidazole rings is 1. The summed E-state index contributed by atoms with van der Waals surface area (Å²) in [5.41, 5.74) is 2.73. The molecule has 3 N–H and O–H groups in total. The SMILES string of the molecule is C[n+]1c(C2CCCC(NC(=O)c3ccc4c(c3)OCCO4)C2)[nH]c2cc(C(C)(C)O)ccc21. The Labute approximate surface area is 193 Å². The molecule has 1 saturated carbocycles. The van der Waals surface area contributed by atoms with Crippen LogP contribution in [0.15, 0.2) is 36.4 Å². The summed E-state index contributed by atoms with van der Waals surface area (Å²) < 4.78 is 13.4. The van der Waals surface area contributed by atoms with E-state index in [-0.39, 0.29) is 11.9 Å². The molecule has 0 bridgehead atoms. The molecule has 2 aliphatic rings. The van der Waals surface area contributed by atoms with E-state index in [0.29, 0.717) is 36.2 Å². The Balaban J connectivity index is 1.32.